The number of rotatable bonds is 5. The second-order valence-corrected chi connectivity index (χ2v) is 5.61. The molecule has 0 radical (unpaired) electrons. The van der Waals surface area contributed by atoms with E-state index < -0.39 is 13.0 Å². The van der Waals surface area contributed by atoms with E-state index in [9.17, 15) is 13.6 Å². The van der Waals surface area contributed by atoms with Gasteiger partial charge in [-0.05, 0) is 37.0 Å². The van der Waals surface area contributed by atoms with Gasteiger partial charge in [0.15, 0.2) is 0 Å². The first-order valence-corrected chi connectivity index (χ1v) is 7.70. The van der Waals surface area contributed by atoms with Crippen LogP contribution in [0.5, 0.6) is 5.75 Å². The maximum absolute atomic E-state index is 12.3. The van der Waals surface area contributed by atoms with Crippen molar-refractivity contribution in [3.63, 3.8) is 0 Å². The predicted molar refractivity (Wildman–Crippen MR) is 84.5 cm³/mol. The van der Waals surface area contributed by atoms with E-state index in [1.165, 1.54) is 6.07 Å². The molecule has 128 valence electrons. The number of amides is 2. The fourth-order valence-corrected chi connectivity index (χ4v) is 2.73. The molecule has 0 spiro atoms. The number of aromatic nitrogens is 2. The molecule has 0 fully saturated rings. The number of para-hydroxylation sites is 2. The number of hydrogen-bond donors (Lipinski definition) is 3. The van der Waals surface area contributed by atoms with Crippen LogP contribution in [-0.4, -0.2) is 35.3 Å². The number of nitrogens with zero attached hydrogens (tertiary/aromatic N) is 1. The molecule has 1 aliphatic rings. The lowest BCUT2D eigenvalue weighted by Crippen LogP contribution is -2.41. The van der Waals surface area contributed by atoms with Crippen LogP contribution in [0.15, 0.2) is 30.5 Å². The molecule has 1 aromatic carbocycles. The van der Waals surface area contributed by atoms with Gasteiger partial charge in [-0.25, -0.2) is 13.6 Å². The van der Waals surface area contributed by atoms with Crippen LogP contribution in [0.25, 0.3) is 0 Å². The minimum Gasteiger partial charge on any atom is -0.485 e. The molecular weight excluding hydrogens is 318 g/mol. The van der Waals surface area contributed by atoms with Gasteiger partial charge in [0.05, 0.1) is 11.9 Å². The van der Waals surface area contributed by atoms with Crippen molar-refractivity contribution < 1.29 is 18.3 Å². The molecule has 0 bridgehead atoms. The molecule has 0 aliphatic heterocycles. The van der Waals surface area contributed by atoms with Gasteiger partial charge in [0.1, 0.15) is 12.4 Å². The maximum atomic E-state index is 12.3. The highest BCUT2D eigenvalue weighted by atomic mass is 19.3. The number of alkyl halides is 2. The number of ether oxygens (including phenoxy) is 1. The summed E-state index contributed by atoms with van der Waals surface area (Å²) in [7, 11) is 0. The van der Waals surface area contributed by atoms with E-state index in [0.29, 0.717) is 12.1 Å². The number of carbonyl (C=O) groups excluding carboxylic acids is 1. The average molecular weight is 336 g/mol. The van der Waals surface area contributed by atoms with Crippen LogP contribution in [0.2, 0.25) is 0 Å². The summed E-state index contributed by atoms with van der Waals surface area (Å²) in [6.45, 7) is -0.716. The summed E-state index contributed by atoms with van der Waals surface area (Å²) in [5, 5.41) is 12.5. The van der Waals surface area contributed by atoms with Crippen molar-refractivity contribution in [2.75, 3.05) is 11.9 Å². The molecule has 0 saturated heterocycles. The quantitative estimate of drug-likeness (QED) is 0.785. The Hall–Kier alpha value is -2.64. The molecule has 2 amide bonds. The summed E-state index contributed by atoms with van der Waals surface area (Å²) < 4.78 is 29.6. The second kappa shape index (κ2) is 7.29. The van der Waals surface area contributed by atoms with Crippen LogP contribution in [0.3, 0.4) is 0 Å². The van der Waals surface area contributed by atoms with Crippen LogP contribution in [-0.2, 0) is 12.8 Å². The lowest BCUT2D eigenvalue weighted by molar-refractivity contribution is 0.0823. The number of fused-ring (bicyclic) bond motifs is 1. The van der Waals surface area contributed by atoms with Crippen LogP contribution in [0.1, 0.15) is 17.7 Å². The van der Waals surface area contributed by atoms with Gasteiger partial charge in [0.25, 0.3) is 6.43 Å². The van der Waals surface area contributed by atoms with Gasteiger partial charge in [0.2, 0.25) is 0 Å². The van der Waals surface area contributed by atoms with Crippen LogP contribution in [0, 0.1) is 0 Å². The Morgan fingerprint density at radius 2 is 2.25 bits per heavy atom. The topological polar surface area (TPSA) is 79.0 Å². The first-order valence-electron chi connectivity index (χ1n) is 7.70. The minimum absolute atomic E-state index is 0.00393. The van der Waals surface area contributed by atoms with Crippen molar-refractivity contribution >= 4 is 11.7 Å². The van der Waals surface area contributed by atoms with Crippen molar-refractivity contribution in [2.45, 2.75) is 31.7 Å². The molecule has 0 saturated carbocycles. The first-order chi connectivity index (χ1) is 11.6. The molecule has 3 N–H and O–H groups in total. The SMILES string of the molecule is O=C(Nc1ccccc1OCC(F)F)N[C@H]1CCc2[nH]ncc2C1. The van der Waals surface area contributed by atoms with Crippen LogP contribution < -0.4 is 15.4 Å². The number of nitrogens with one attached hydrogen (secondary N) is 3. The summed E-state index contributed by atoms with van der Waals surface area (Å²) in [4.78, 5) is 12.2. The molecule has 24 heavy (non-hydrogen) atoms. The van der Waals surface area contributed by atoms with E-state index in [0.717, 1.165) is 24.1 Å². The third kappa shape index (κ3) is 4.01. The molecule has 8 heteroatoms. The van der Waals surface area contributed by atoms with E-state index in [-0.39, 0.29) is 17.8 Å². The largest absolute Gasteiger partial charge is 0.485 e. The highest BCUT2D eigenvalue weighted by molar-refractivity contribution is 5.91. The average Bonchev–Trinajstić information content (AvgIpc) is 3.01. The van der Waals surface area contributed by atoms with Gasteiger partial charge in [-0.2, -0.15) is 5.10 Å². The monoisotopic (exact) mass is 336 g/mol. The van der Waals surface area contributed by atoms with Crippen molar-refractivity contribution in [3.05, 3.63) is 41.7 Å². The number of aromatic amines is 1. The Morgan fingerprint density at radius 1 is 1.42 bits per heavy atom. The highest BCUT2D eigenvalue weighted by Crippen LogP contribution is 2.24. The number of hydrogen-bond acceptors (Lipinski definition) is 3. The number of urea groups is 1. The number of benzene rings is 1. The lowest BCUT2D eigenvalue weighted by atomic mass is 9.94. The molecule has 2 aromatic rings. The second-order valence-electron chi connectivity index (χ2n) is 5.61. The van der Waals surface area contributed by atoms with Gasteiger partial charge >= 0.3 is 6.03 Å². The zero-order chi connectivity index (χ0) is 16.9. The summed E-state index contributed by atoms with van der Waals surface area (Å²) in [6.07, 6.45) is 1.55. The molecule has 1 atom stereocenters. The molecule has 3 rings (SSSR count). The highest BCUT2D eigenvalue weighted by Gasteiger charge is 2.21. The predicted octanol–water partition coefficient (Wildman–Crippen LogP) is 2.73. The molecule has 6 nitrogen and oxygen atoms in total. The number of carbonyl (C=O) groups is 1. The lowest BCUT2D eigenvalue weighted by Gasteiger charge is -2.23. The Balaban J connectivity index is 1.57. The number of H-pyrrole nitrogens is 1. The minimum atomic E-state index is -2.57. The fourth-order valence-electron chi connectivity index (χ4n) is 2.73. The Labute approximate surface area is 137 Å². The molecular formula is C16H18F2N4O2. The van der Waals surface area contributed by atoms with E-state index >= 15 is 0 Å². The third-order valence-electron chi connectivity index (χ3n) is 3.85. The smallest absolute Gasteiger partial charge is 0.319 e. The Kier molecular flexibility index (Phi) is 4.93. The third-order valence-corrected chi connectivity index (χ3v) is 3.85. The van der Waals surface area contributed by atoms with Crippen LogP contribution in [0.4, 0.5) is 19.3 Å². The van der Waals surface area contributed by atoms with E-state index in [2.05, 4.69) is 20.8 Å². The number of aryl methyl sites for hydroxylation is 1. The molecule has 1 aliphatic carbocycles. The Morgan fingerprint density at radius 3 is 3.08 bits per heavy atom. The van der Waals surface area contributed by atoms with Crippen molar-refractivity contribution in [2.24, 2.45) is 0 Å². The van der Waals surface area contributed by atoms with Gasteiger partial charge in [-0.15, -0.1) is 0 Å². The van der Waals surface area contributed by atoms with Gasteiger partial charge in [-0.3, -0.25) is 5.10 Å². The van der Waals surface area contributed by atoms with Crippen molar-refractivity contribution in [1.29, 1.82) is 0 Å². The standard InChI is InChI=1S/C16H18F2N4O2/c17-15(18)9-24-14-4-2-1-3-13(14)21-16(23)20-11-5-6-12-10(7-11)8-19-22-12/h1-4,8,11,15H,5-7,9H2,(H,19,22)(H2,20,21,23)/t11-/m0/s1. The zero-order valence-corrected chi connectivity index (χ0v) is 12.9. The van der Waals surface area contributed by atoms with Crippen LogP contribution >= 0.6 is 0 Å². The van der Waals surface area contributed by atoms with Gasteiger partial charge < -0.3 is 15.4 Å². The van der Waals surface area contributed by atoms with E-state index in [4.69, 9.17) is 4.74 Å². The van der Waals surface area contributed by atoms with Crippen molar-refractivity contribution in [1.82, 2.24) is 15.5 Å². The van der Waals surface area contributed by atoms with E-state index in [1.807, 2.05) is 0 Å². The van der Waals surface area contributed by atoms with E-state index in [1.54, 1.807) is 24.4 Å². The molecule has 0 unspecified atom stereocenters. The van der Waals surface area contributed by atoms with Gasteiger partial charge in [0, 0.05) is 11.7 Å². The zero-order valence-electron chi connectivity index (χ0n) is 12.9. The van der Waals surface area contributed by atoms with Crippen molar-refractivity contribution in [3.8, 4) is 5.75 Å². The number of anilines is 1. The Bertz CT molecular complexity index is 705. The summed E-state index contributed by atoms with van der Waals surface area (Å²) >= 11 is 0. The summed E-state index contributed by atoms with van der Waals surface area (Å²) in [5.41, 5.74) is 2.57. The molecule has 1 heterocycles. The first kappa shape index (κ1) is 16.2. The summed E-state index contributed by atoms with van der Waals surface area (Å²) in [5.74, 6) is 0.216. The summed E-state index contributed by atoms with van der Waals surface area (Å²) in [6, 6.07) is 6.12. The maximum Gasteiger partial charge on any atom is 0.319 e. The normalized spacial score (nSPS) is 16.5. The molecule has 1 aromatic heterocycles. The number of halogens is 2. The fraction of sp³-hybridized carbons (Fsp3) is 0.375. The van der Waals surface area contributed by atoms with Gasteiger partial charge in [-0.1, -0.05) is 12.1 Å².